The Kier molecular flexibility index (Phi) is 10.3. The normalized spacial score (nSPS) is 16.2. The molecule has 1 aliphatic rings. The summed E-state index contributed by atoms with van der Waals surface area (Å²) in [6.07, 6.45) is 16.1. The van der Waals surface area contributed by atoms with Gasteiger partial charge in [-0.1, -0.05) is 43.9 Å². The molecule has 0 spiro atoms. The van der Waals surface area contributed by atoms with E-state index in [1.54, 1.807) is 0 Å². The van der Waals surface area contributed by atoms with Gasteiger partial charge in [-0.2, -0.15) is 0 Å². The van der Waals surface area contributed by atoms with Crippen molar-refractivity contribution >= 4 is 22.3 Å². The average molecular weight is 536 g/mol. The zero-order valence-electron chi connectivity index (χ0n) is 24.8. The highest BCUT2D eigenvalue weighted by molar-refractivity contribution is 6.11. The van der Waals surface area contributed by atoms with E-state index in [0.29, 0.717) is 6.04 Å². The van der Waals surface area contributed by atoms with Crippen molar-refractivity contribution in [2.24, 2.45) is 4.99 Å². The Labute approximate surface area is 240 Å². The van der Waals surface area contributed by atoms with E-state index in [9.17, 15) is 0 Å². The molecule has 1 atom stereocenters. The number of rotatable bonds is 13. The maximum atomic E-state index is 5.35. The first-order valence-electron chi connectivity index (χ1n) is 14.7. The molecule has 0 aliphatic heterocycles. The van der Waals surface area contributed by atoms with Gasteiger partial charge in [-0.3, -0.25) is 9.98 Å². The maximum Gasteiger partial charge on any atom is 0.0773 e. The summed E-state index contributed by atoms with van der Waals surface area (Å²) in [5, 5.41) is 4.87. The van der Waals surface area contributed by atoms with Gasteiger partial charge in [0.15, 0.2) is 0 Å². The van der Waals surface area contributed by atoms with Crippen LogP contribution in [0.4, 0.5) is 0 Å². The van der Waals surface area contributed by atoms with Crippen LogP contribution in [-0.4, -0.2) is 39.7 Å². The number of aromatic amines is 1. The molecule has 5 nitrogen and oxygen atoms in total. The van der Waals surface area contributed by atoms with E-state index < -0.39 is 0 Å². The molecule has 2 aromatic heterocycles. The van der Waals surface area contributed by atoms with Crippen molar-refractivity contribution in [2.75, 3.05) is 13.1 Å². The second-order valence-electron chi connectivity index (χ2n) is 10.7. The first-order valence-corrected chi connectivity index (χ1v) is 14.7. The number of aliphatic imine (C=N–C) groups is 1. The highest BCUT2D eigenvalue weighted by atomic mass is 15.1. The third-order valence-electron chi connectivity index (χ3n) is 7.75. The molecule has 3 aromatic rings. The summed E-state index contributed by atoms with van der Waals surface area (Å²) in [6.45, 7) is 19.6. The Morgan fingerprint density at radius 1 is 1.23 bits per heavy atom. The van der Waals surface area contributed by atoms with Gasteiger partial charge in [0.05, 0.1) is 5.70 Å². The number of fused-ring (bicyclic) bond motifs is 1. The molecule has 0 fully saturated rings. The zero-order chi connectivity index (χ0) is 28.5. The van der Waals surface area contributed by atoms with Crippen LogP contribution < -0.4 is 5.32 Å². The Morgan fingerprint density at radius 3 is 2.83 bits per heavy atom. The quantitative estimate of drug-likeness (QED) is 0.132. The summed E-state index contributed by atoms with van der Waals surface area (Å²) < 4.78 is 0. The van der Waals surface area contributed by atoms with Crippen LogP contribution >= 0.6 is 0 Å². The molecule has 0 saturated carbocycles. The Bertz CT molecular complexity index is 1420. The molecule has 4 rings (SSSR count). The number of aryl methyl sites for hydroxylation is 1. The number of nitrogens with one attached hydrogen (secondary N) is 2. The highest BCUT2D eigenvalue weighted by Gasteiger charge is 2.18. The molecule has 5 heteroatoms. The summed E-state index contributed by atoms with van der Waals surface area (Å²) >= 11 is 0. The van der Waals surface area contributed by atoms with Gasteiger partial charge in [0.1, 0.15) is 0 Å². The number of hydrogen-bond acceptors (Lipinski definition) is 4. The van der Waals surface area contributed by atoms with Crippen molar-refractivity contribution in [3.8, 4) is 0 Å². The van der Waals surface area contributed by atoms with Crippen molar-refractivity contribution < 1.29 is 0 Å². The average Bonchev–Trinajstić information content (AvgIpc) is 3.47. The van der Waals surface area contributed by atoms with Gasteiger partial charge in [-0.25, -0.2) is 0 Å². The van der Waals surface area contributed by atoms with Crippen LogP contribution in [0.25, 0.3) is 16.6 Å². The third kappa shape index (κ3) is 7.08. The zero-order valence-corrected chi connectivity index (χ0v) is 24.8. The van der Waals surface area contributed by atoms with Crippen LogP contribution in [0, 0.1) is 6.92 Å². The number of pyridine rings is 1. The molecule has 40 heavy (non-hydrogen) atoms. The molecule has 210 valence electrons. The van der Waals surface area contributed by atoms with Gasteiger partial charge >= 0.3 is 0 Å². The minimum absolute atomic E-state index is 0.421. The van der Waals surface area contributed by atoms with Crippen molar-refractivity contribution in [2.45, 2.75) is 72.4 Å². The van der Waals surface area contributed by atoms with Crippen molar-refractivity contribution in [3.63, 3.8) is 0 Å². The predicted molar refractivity (Wildman–Crippen MR) is 172 cm³/mol. The maximum absolute atomic E-state index is 5.35. The first-order chi connectivity index (χ1) is 19.4. The van der Waals surface area contributed by atoms with Gasteiger partial charge in [0.25, 0.3) is 0 Å². The SMILES string of the molecule is C=CCCN(CCC)C(=C)/C(C)=C(\N=C(/C)c1cccc2[nH]ccc12)c1cc(CNC2C=CCCC2)cnc1C. The van der Waals surface area contributed by atoms with Gasteiger partial charge in [0.2, 0.25) is 0 Å². The van der Waals surface area contributed by atoms with Crippen molar-refractivity contribution in [1.82, 2.24) is 20.2 Å². The molecule has 0 saturated heterocycles. The third-order valence-corrected chi connectivity index (χ3v) is 7.75. The van der Waals surface area contributed by atoms with E-state index in [4.69, 9.17) is 9.98 Å². The summed E-state index contributed by atoms with van der Waals surface area (Å²) in [4.78, 5) is 15.9. The van der Waals surface area contributed by atoms with Gasteiger partial charge in [0, 0.05) is 77.2 Å². The van der Waals surface area contributed by atoms with Gasteiger partial charge < -0.3 is 15.2 Å². The molecule has 0 bridgehead atoms. The second kappa shape index (κ2) is 14.1. The largest absolute Gasteiger partial charge is 0.371 e. The van der Waals surface area contributed by atoms with E-state index in [1.807, 2.05) is 18.5 Å². The lowest BCUT2D eigenvalue weighted by atomic mass is 10.00. The molecular weight excluding hydrogens is 490 g/mol. The van der Waals surface area contributed by atoms with E-state index in [1.165, 1.54) is 24.6 Å². The van der Waals surface area contributed by atoms with Gasteiger partial charge in [-0.05, 0) is 82.2 Å². The van der Waals surface area contributed by atoms with E-state index in [2.05, 4.69) is 98.5 Å². The van der Waals surface area contributed by atoms with Crippen LogP contribution in [0.1, 0.15) is 75.3 Å². The molecule has 2 N–H and O–H groups in total. The molecule has 0 amide bonds. The van der Waals surface area contributed by atoms with Crippen LogP contribution in [0.15, 0.2) is 90.4 Å². The second-order valence-corrected chi connectivity index (χ2v) is 10.7. The predicted octanol–water partition coefficient (Wildman–Crippen LogP) is 8.11. The number of benzene rings is 1. The van der Waals surface area contributed by atoms with Crippen LogP contribution in [0.3, 0.4) is 0 Å². The van der Waals surface area contributed by atoms with Crippen LogP contribution in [0.2, 0.25) is 0 Å². The Morgan fingerprint density at radius 2 is 2.08 bits per heavy atom. The van der Waals surface area contributed by atoms with E-state index in [0.717, 1.165) is 83.1 Å². The number of aromatic nitrogens is 2. The van der Waals surface area contributed by atoms with Crippen molar-refractivity contribution in [1.29, 1.82) is 0 Å². The fourth-order valence-electron chi connectivity index (χ4n) is 5.39. The summed E-state index contributed by atoms with van der Waals surface area (Å²) in [6, 6.07) is 11.1. The van der Waals surface area contributed by atoms with Crippen LogP contribution in [0.5, 0.6) is 0 Å². The smallest absolute Gasteiger partial charge is 0.0773 e. The molecule has 0 radical (unpaired) electrons. The van der Waals surface area contributed by atoms with Crippen LogP contribution in [-0.2, 0) is 6.54 Å². The molecule has 1 unspecified atom stereocenters. The monoisotopic (exact) mass is 535 g/mol. The highest BCUT2D eigenvalue weighted by Crippen LogP contribution is 2.30. The number of nitrogens with zero attached hydrogens (tertiary/aromatic N) is 3. The first kappa shape index (κ1) is 29.3. The number of H-pyrrole nitrogens is 1. The molecule has 2 heterocycles. The summed E-state index contributed by atoms with van der Waals surface area (Å²) in [7, 11) is 0. The standard InChI is InChI=1S/C35H45N5/c1-7-9-21-40(20-8-2)28(6)25(3)35(39-27(5)31-16-13-17-34-32(31)18-19-36-34)33-22-29(23-37-26(33)4)24-38-30-14-11-10-12-15-30/h7,11,13-14,16-19,22-23,30,36,38H,1,6,8-10,12,15,20-21,24H2,2-5H3/b35-25-,39-27+. The Hall–Kier alpha value is -3.70. The lowest BCUT2D eigenvalue weighted by Gasteiger charge is -2.28. The van der Waals surface area contributed by atoms with E-state index >= 15 is 0 Å². The van der Waals surface area contributed by atoms with Gasteiger partial charge in [-0.15, -0.1) is 6.58 Å². The Balaban J connectivity index is 1.78. The molecule has 1 aromatic carbocycles. The lowest BCUT2D eigenvalue weighted by Crippen LogP contribution is -2.28. The number of allylic oxidation sites excluding steroid dienone is 2. The summed E-state index contributed by atoms with van der Waals surface area (Å²) in [5.41, 5.74) is 9.39. The fourth-order valence-corrected chi connectivity index (χ4v) is 5.39. The van der Waals surface area contributed by atoms with Crippen molar-refractivity contribution in [3.05, 3.63) is 108 Å². The summed E-state index contributed by atoms with van der Waals surface area (Å²) in [5.74, 6) is 0. The fraction of sp³-hybridized carbons (Fsp3) is 0.371. The minimum Gasteiger partial charge on any atom is -0.371 e. The minimum atomic E-state index is 0.421. The number of hydrogen-bond donors (Lipinski definition) is 2. The topological polar surface area (TPSA) is 56.3 Å². The molecule has 1 aliphatic carbocycles. The molecular formula is C35H45N5. The van der Waals surface area contributed by atoms with E-state index in [-0.39, 0.29) is 0 Å². The lowest BCUT2D eigenvalue weighted by molar-refractivity contribution is 0.358.